The minimum Gasteiger partial charge on any atom is -0.356 e. The van der Waals surface area contributed by atoms with Crippen molar-refractivity contribution in [2.24, 2.45) is 5.92 Å². The Morgan fingerprint density at radius 3 is 2.56 bits per heavy atom. The van der Waals surface area contributed by atoms with Gasteiger partial charge in [0.05, 0.1) is 15.9 Å². The van der Waals surface area contributed by atoms with Crippen molar-refractivity contribution >= 4 is 27.0 Å². The maximum absolute atomic E-state index is 13.1. The fourth-order valence-corrected chi connectivity index (χ4v) is 6.00. The first-order chi connectivity index (χ1) is 17.5. The van der Waals surface area contributed by atoms with Crippen molar-refractivity contribution in [3.05, 3.63) is 78.6 Å². The van der Waals surface area contributed by atoms with Crippen LogP contribution in [0.5, 0.6) is 0 Å². The predicted octanol–water partition coefficient (Wildman–Crippen LogP) is 3.82. The molecule has 0 aliphatic heterocycles. The third kappa shape index (κ3) is 5.63. The highest BCUT2D eigenvalue weighted by Gasteiger charge is 2.29. The minimum absolute atomic E-state index is 0.0408. The molecule has 1 aliphatic rings. The van der Waals surface area contributed by atoms with Gasteiger partial charge in [-0.15, -0.1) is 0 Å². The van der Waals surface area contributed by atoms with Gasteiger partial charge < -0.3 is 10.3 Å². The standard InChI is InChI=1S/C27H29N5O3S/c33-27(29-16-14-19-5-4-15-28-18-19)21-8-10-22(11-9-21)32-36(34,35)23-12-13-24-25(17-23)31-26(30-24)20-6-2-1-3-7-20/h1-7,12-13,15,17-18,21-22,32H,8-11,14,16H2,(H,29,33)(H,30,31). The Kier molecular flexibility index (Phi) is 7.11. The first-order valence-corrected chi connectivity index (χ1v) is 13.7. The third-order valence-corrected chi connectivity index (χ3v) is 8.18. The van der Waals surface area contributed by atoms with Crippen LogP contribution in [-0.4, -0.2) is 41.9 Å². The van der Waals surface area contributed by atoms with E-state index in [0.717, 1.165) is 17.5 Å². The monoisotopic (exact) mass is 503 g/mol. The number of fused-ring (bicyclic) bond motifs is 1. The number of nitrogens with one attached hydrogen (secondary N) is 3. The number of aromatic amines is 1. The van der Waals surface area contributed by atoms with Gasteiger partial charge in [0.15, 0.2) is 0 Å². The van der Waals surface area contributed by atoms with Crippen LogP contribution in [0.15, 0.2) is 78.0 Å². The molecule has 1 amide bonds. The zero-order valence-corrected chi connectivity index (χ0v) is 20.7. The van der Waals surface area contributed by atoms with Gasteiger partial charge in [-0.2, -0.15) is 0 Å². The van der Waals surface area contributed by atoms with Gasteiger partial charge in [-0.05, 0) is 61.9 Å². The molecular formula is C27H29N5O3S. The van der Waals surface area contributed by atoms with Crippen molar-refractivity contribution in [3.8, 4) is 11.4 Å². The van der Waals surface area contributed by atoms with Crippen molar-refractivity contribution in [1.29, 1.82) is 0 Å². The summed E-state index contributed by atoms with van der Waals surface area (Å²) in [6.45, 7) is 0.569. The molecule has 0 saturated heterocycles. The molecule has 0 atom stereocenters. The van der Waals surface area contributed by atoms with Gasteiger partial charge in [0.25, 0.3) is 0 Å². The van der Waals surface area contributed by atoms with Crippen molar-refractivity contribution in [1.82, 2.24) is 25.0 Å². The molecule has 8 nitrogen and oxygen atoms in total. The van der Waals surface area contributed by atoms with Crippen LogP contribution in [-0.2, 0) is 21.2 Å². The first kappa shape index (κ1) is 24.1. The topological polar surface area (TPSA) is 117 Å². The van der Waals surface area contributed by atoms with Crippen molar-refractivity contribution < 1.29 is 13.2 Å². The molecule has 0 spiro atoms. The van der Waals surface area contributed by atoms with Gasteiger partial charge in [-0.25, -0.2) is 18.1 Å². The Morgan fingerprint density at radius 2 is 1.81 bits per heavy atom. The second-order valence-electron chi connectivity index (χ2n) is 9.20. The molecule has 4 aromatic rings. The van der Waals surface area contributed by atoms with Crippen LogP contribution in [0.3, 0.4) is 0 Å². The zero-order valence-electron chi connectivity index (χ0n) is 19.9. The summed E-state index contributed by atoms with van der Waals surface area (Å²) in [5, 5.41) is 3.01. The summed E-state index contributed by atoms with van der Waals surface area (Å²) in [4.78, 5) is 24.6. The van der Waals surface area contributed by atoms with Gasteiger partial charge in [-0.3, -0.25) is 9.78 Å². The van der Waals surface area contributed by atoms with Crippen molar-refractivity contribution in [2.45, 2.75) is 43.0 Å². The van der Waals surface area contributed by atoms with Crippen LogP contribution in [0.2, 0.25) is 0 Å². The summed E-state index contributed by atoms with van der Waals surface area (Å²) in [6.07, 6.45) is 6.84. The Balaban J connectivity index is 1.15. The predicted molar refractivity (Wildman–Crippen MR) is 139 cm³/mol. The molecule has 1 aliphatic carbocycles. The fraction of sp³-hybridized carbons (Fsp3) is 0.296. The quantitative estimate of drug-likeness (QED) is 0.338. The number of hydrogen-bond donors (Lipinski definition) is 3. The smallest absolute Gasteiger partial charge is 0.240 e. The fourth-order valence-electron chi connectivity index (χ4n) is 4.67. The van der Waals surface area contributed by atoms with E-state index in [0.29, 0.717) is 49.1 Å². The average molecular weight is 504 g/mol. The largest absolute Gasteiger partial charge is 0.356 e. The van der Waals surface area contributed by atoms with Crippen molar-refractivity contribution in [3.63, 3.8) is 0 Å². The molecule has 3 N–H and O–H groups in total. The highest BCUT2D eigenvalue weighted by molar-refractivity contribution is 7.89. The Labute approximate surface area is 210 Å². The number of sulfonamides is 1. The summed E-state index contributed by atoms with van der Waals surface area (Å²) in [5.41, 5.74) is 3.40. The number of carbonyl (C=O) groups is 1. The number of hydrogen-bond acceptors (Lipinski definition) is 5. The first-order valence-electron chi connectivity index (χ1n) is 12.2. The van der Waals surface area contributed by atoms with Crippen LogP contribution >= 0.6 is 0 Å². The Bertz CT molecular complexity index is 1430. The maximum atomic E-state index is 13.1. The number of rotatable bonds is 8. The minimum atomic E-state index is -3.69. The third-order valence-electron chi connectivity index (χ3n) is 6.67. The Hall–Kier alpha value is -3.56. The van der Waals surface area contributed by atoms with E-state index < -0.39 is 10.0 Å². The maximum Gasteiger partial charge on any atom is 0.240 e. The van der Waals surface area contributed by atoms with Crippen molar-refractivity contribution in [2.75, 3.05) is 6.54 Å². The molecule has 0 bridgehead atoms. The van der Waals surface area contributed by atoms with E-state index in [9.17, 15) is 13.2 Å². The van der Waals surface area contributed by atoms with Crippen LogP contribution in [0.1, 0.15) is 31.2 Å². The van der Waals surface area contributed by atoms with Crippen LogP contribution in [0.4, 0.5) is 0 Å². The molecule has 1 saturated carbocycles. The second kappa shape index (κ2) is 10.6. The van der Waals surface area contributed by atoms with Crippen LogP contribution in [0.25, 0.3) is 22.4 Å². The van der Waals surface area contributed by atoms with Gasteiger partial charge in [0.1, 0.15) is 5.82 Å². The molecule has 36 heavy (non-hydrogen) atoms. The van der Waals surface area contributed by atoms with Gasteiger partial charge >= 0.3 is 0 Å². The number of carbonyl (C=O) groups excluding carboxylic acids is 1. The number of H-pyrrole nitrogens is 1. The zero-order chi connectivity index (χ0) is 25.0. The molecule has 2 aromatic heterocycles. The lowest BCUT2D eigenvalue weighted by atomic mass is 9.86. The summed E-state index contributed by atoms with van der Waals surface area (Å²) in [6, 6.07) is 18.3. The lowest BCUT2D eigenvalue weighted by molar-refractivity contribution is -0.125. The van der Waals surface area contributed by atoms with E-state index in [2.05, 4.69) is 25.0 Å². The number of amides is 1. The lowest BCUT2D eigenvalue weighted by Crippen LogP contribution is -2.41. The SMILES string of the molecule is O=C(NCCc1cccnc1)C1CCC(NS(=O)(=O)c2ccc3nc(-c4ccccc4)[nH]c3c2)CC1. The summed E-state index contributed by atoms with van der Waals surface area (Å²) >= 11 is 0. The van der Waals surface area contributed by atoms with E-state index in [4.69, 9.17) is 0 Å². The summed E-state index contributed by atoms with van der Waals surface area (Å²) < 4.78 is 29.0. The highest BCUT2D eigenvalue weighted by atomic mass is 32.2. The molecule has 186 valence electrons. The Morgan fingerprint density at radius 1 is 1.00 bits per heavy atom. The van der Waals surface area contributed by atoms with E-state index >= 15 is 0 Å². The van der Waals surface area contributed by atoms with Gasteiger partial charge in [-0.1, -0.05) is 36.4 Å². The molecule has 5 rings (SSSR count). The normalized spacial score (nSPS) is 18.2. The summed E-state index contributed by atoms with van der Waals surface area (Å²) in [7, 11) is -3.69. The highest BCUT2D eigenvalue weighted by Crippen LogP contribution is 2.27. The molecular weight excluding hydrogens is 474 g/mol. The van der Waals surface area contributed by atoms with E-state index in [1.807, 2.05) is 42.5 Å². The van der Waals surface area contributed by atoms with Crippen LogP contribution in [0, 0.1) is 5.92 Å². The average Bonchev–Trinajstić information content (AvgIpc) is 3.34. The molecule has 1 fully saturated rings. The number of nitrogens with zero attached hydrogens (tertiary/aromatic N) is 2. The number of aromatic nitrogens is 3. The van der Waals surface area contributed by atoms with E-state index in [-0.39, 0.29) is 22.8 Å². The summed E-state index contributed by atoms with van der Waals surface area (Å²) in [5.74, 6) is 0.654. The molecule has 0 unspecified atom stereocenters. The molecule has 2 aromatic carbocycles. The molecule has 9 heteroatoms. The molecule has 0 radical (unpaired) electrons. The lowest BCUT2D eigenvalue weighted by Gasteiger charge is -2.28. The van der Waals surface area contributed by atoms with Gasteiger partial charge in [0.2, 0.25) is 15.9 Å². The molecule has 2 heterocycles. The second-order valence-corrected chi connectivity index (χ2v) is 10.9. The number of benzene rings is 2. The van der Waals surface area contributed by atoms with E-state index in [1.54, 1.807) is 30.6 Å². The van der Waals surface area contributed by atoms with E-state index in [1.165, 1.54) is 0 Å². The van der Waals surface area contributed by atoms with Crippen LogP contribution < -0.4 is 10.0 Å². The number of pyridine rings is 1. The number of imidazole rings is 1. The van der Waals surface area contributed by atoms with Gasteiger partial charge in [0, 0.05) is 36.5 Å².